The highest BCUT2D eigenvalue weighted by Crippen LogP contribution is 2.23. The smallest absolute Gasteiger partial charge is 0.248 e. The summed E-state index contributed by atoms with van der Waals surface area (Å²) in [4.78, 5) is 21.1. The molecule has 0 aliphatic carbocycles. The first kappa shape index (κ1) is 19.8. The topological polar surface area (TPSA) is 54.9 Å². The van der Waals surface area contributed by atoms with E-state index in [0.717, 1.165) is 47.1 Å². The van der Waals surface area contributed by atoms with Gasteiger partial charge in [0.1, 0.15) is 11.6 Å². The first-order chi connectivity index (χ1) is 14.2. The normalized spacial score (nSPS) is 14.3. The van der Waals surface area contributed by atoms with Crippen molar-refractivity contribution in [2.24, 2.45) is 0 Å². The molecule has 3 aromatic rings. The van der Waals surface area contributed by atoms with Crippen molar-refractivity contribution in [3.8, 4) is 0 Å². The van der Waals surface area contributed by atoms with E-state index in [1.807, 2.05) is 43.4 Å². The number of fused-ring (bicyclic) bond motifs is 1. The van der Waals surface area contributed by atoms with Gasteiger partial charge in [0.15, 0.2) is 0 Å². The van der Waals surface area contributed by atoms with Crippen LogP contribution in [0.25, 0.3) is 10.2 Å². The molecule has 2 heterocycles. The van der Waals surface area contributed by atoms with E-state index < -0.39 is 0 Å². The van der Waals surface area contributed by atoms with E-state index in [1.165, 1.54) is 5.69 Å². The van der Waals surface area contributed by atoms with E-state index in [1.54, 1.807) is 16.2 Å². The molecule has 1 aliphatic heterocycles. The maximum Gasteiger partial charge on any atom is 0.248 e. The lowest BCUT2D eigenvalue weighted by Gasteiger charge is -2.31. The maximum absolute atomic E-state index is 12.5. The minimum absolute atomic E-state index is 0.0390. The summed E-state index contributed by atoms with van der Waals surface area (Å²) < 4.78 is 12.2. The number of carbonyl (C=O) groups excluding carboxylic acids is 1. The minimum Gasteiger partial charge on any atom is -0.378 e. The van der Waals surface area contributed by atoms with Crippen LogP contribution in [0.3, 0.4) is 0 Å². The number of carbonyl (C=O) groups is 1. The van der Waals surface area contributed by atoms with Crippen LogP contribution in [-0.2, 0) is 27.4 Å². The fraction of sp³-hybridized carbons (Fsp3) is 0.364. The zero-order valence-electron chi connectivity index (χ0n) is 16.5. The molecule has 0 atom stereocenters. The van der Waals surface area contributed by atoms with Gasteiger partial charge in [-0.1, -0.05) is 30.3 Å². The SMILES string of the molecule is CN(Cc1ccccc1N1CCOCC1)C(=O)COCc1nc2ccccc2s1. The number of morpholine rings is 1. The molecule has 29 heavy (non-hydrogen) atoms. The van der Waals surface area contributed by atoms with E-state index in [2.05, 4.69) is 22.0 Å². The second kappa shape index (κ2) is 9.35. The summed E-state index contributed by atoms with van der Waals surface area (Å²) in [5, 5.41) is 0.888. The average Bonchev–Trinajstić information content (AvgIpc) is 3.17. The van der Waals surface area contributed by atoms with Crippen LogP contribution >= 0.6 is 11.3 Å². The standard InChI is InChI=1S/C22H25N3O3S/c1-24(14-17-6-2-4-8-19(17)25-10-12-27-13-11-25)22(26)16-28-15-21-23-18-7-3-5-9-20(18)29-21/h2-9H,10-16H2,1H3. The molecule has 0 bridgehead atoms. The molecule has 0 spiro atoms. The van der Waals surface area contributed by atoms with Crippen LogP contribution in [0.2, 0.25) is 0 Å². The van der Waals surface area contributed by atoms with Crippen LogP contribution in [0, 0.1) is 0 Å². The summed E-state index contributed by atoms with van der Waals surface area (Å²) in [6.45, 7) is 4.18. The lowest BCUT2D eigenvalue weighted by Crippen LogP contribution is -2.37. The molecule has 0 saturated carbocycles. The average molecular weight is 412 g/mol. The zero-order chi connectivity index (χ0) is 20.1. The van der Waals surface area contributed by atoms with Gasteiger partial charge in [-0.3, -0.25) is 4.79 Å². The van der Waals surface area contributed by atoms with Gasteiger partial charge >= 0.3 is 0 Å². The molecular formula is C22H25N3O3S. The molecular weight excluding hydrogens is 386 g/mol. The summed E-state index contributed by atoms with van der Waals surface area (Å²) in [5.41, 5.74) is 3.28. The lowest BCUT2D eigenvalue weighted by atomic mass is 10.1. The van der Waals surface area contributed by atoms with E-state index in [0.29, 0.717) is 13.2 Å². The quantitative estimate of drug-likeness (QED) is 0.597. The summed E-state index contributed by atoms with van der Waals surface area (Å²) in [7, 11) is 1.82. The van der Waals surface area contributed by atoms with Crippen LogP contribution < -0.4 is 4.90 Å². The Labute approximate surface area is 174 Å². The Bertz CT molecular complexity index is 936. The molecule has 1 saturated heterocycles. The summed E-state index contributed by atoms with van der Waals surface area (Å²) in [6.07, 6.45) is 0. The van der Waals surface area contributed by atoms with Gasteiger partial charge in [-0.05, 0) is 23.8 Å². The molecule has 1 aliphatic rings. The van der Waals surface area contributed by atoms with E-state index in [9.17, 15) is 4.79 Å². The van der Waals surface area contributed by atoms with Crippen molar-refractivity contribution < 1.29 is 14.3 Å². The molecule has 0 N–H and O–H groups in total. The second-order valence-corrected chi connectivity index (χ2v) is 8.16. The molecule has 6 nitrogen and oxygen atoms in total. The number of aromatic nitrogens is 1. The van der Waals surface area contributed by atoms with Crippen molar-refractivity contribution in [3.63, 3.8) is 0 Å². The predicted molar refractivity (Wildman–Crippen MR) is 115 cm³/mol. The van der Waals surface area contributed by atoms with Crippen LogP contribution in [0.15, 0.2) is 48.5 Å². The van der Waals surface area contributed by atoms with Crippen molar-refractivity contribution in [3.05, 3.63) is 59.1 Å². The Balaban J connectivity index is 1.31. The highest BCUT2D eigenvalue weighted by molar-refractivity contribution is 7.18. The number of thiazole rings is 1. The highest BCUT2D eigenvalue weighted by Gasteiger charge is 2.17. The largest absolute Gasteiger partial charge is 0.378 e. The Kier molecular flexibility index (Phi) is 6.39. The summed E-state index contributed by atoms with van der Waals surface area (Å²) in [6, 6.07) is 16.2. The second-order valence-electron chi connectivity index (χ2n) is 7.05. The number of hydrogen-bond acceptors (Lipinski definition) is 6. The first-order valence-corrected chi connectivity index (χ1v) is 10.6. The monoisotopic (exact) mass is 411 g/mol. The van der Waals surface area contributed by atoms with Gasteiger partial charge in [0.05, 0.1) is 30.0 Å². The number of ether oxygens (including phenoxy) is 2. The molecule has 7 heteroatoms. The highest BCUT2D eigenvalue weighted by atomic mass is 32.1. The number of hydrogen-bond donors (Lipinski definition) is 0. The van der Waals surface area contributed by atoms with Gasteiger partial charge in [0.2, 0.25) is 5.91 Å². The Morgan fingerprint density at radius 2 is 1.93 bits per heavy atom. The van der Waals surface area contributed by atoms with Gasteiger partial charge in [0, 0.05) is 32.4 Å². The first-order valence-electron chi connectivity index (χ1n) is 9.77. The Morgan fingerprint density at radius 1 is 1.17 bits per heavy atom. The number of anilines is 1. The van der Waals surface area contributed by atoms with E-state index in [-0.39, 0.29) is 12.5 Å². The molecule has 1 fully saturated rings. The summed E-state index contributed by atoms with van der Waals surface area (Å²) >= 11 is 1.60. The van der Waals surface area contributed by atoms with E-state index >= 15 is 0 Å². The van der Waals surface area contributed by atoms with E-state index in [4.69, 9.17) is 9.47 Å². The fourth-order valence-corrected chi connectivity index (χ4v) is 4.32. The van der Waals surface area contributed by atoms with Crippen LogP contribution in [0.1, 0.15) is 10.6 Å². The minimum atomic E-state index is -0.0390. The Morgan fingerprint density at radius 3 is 2.76 bits per heavy atom. The number of amides is 1. The van der Waals surface area contributed by atoms with Crippen LogP contribution in [0.4, 0.5) is 5.69 Å². The maximum atomic E-state index is 12.5. The molecule has 2 aromatic carbocycles. The molecule has 4 rings (SSSR count). The number of likely N-dealkylation sites (N-methyl/N-ethyl adjacent to an activating group) is 1. The van der Waals surface area contributed by atoms with Gasteiger partial charge in [-0.15, -0.1) is 11.3 Å². The third-order valence-corrected chi connectivity index (χ3v) is 5.98. The van der Waals surface area contributed by atoms with Crippen LogP contribution in [0.5, 0.6) is 0 Å². The number of nitrogens with zero attached hydrogens (tertiary/aromatic N) is 3. The van der Waals surface area contributed by atoms with Gasteiger partial charge in [-0.2, -0.15) is 0 Å². The fourth-order valence-electron chi connectivity index (χ4n) is 3.42. The van der Waals surface area contributed by atoms with Gasteiger partial charge in [-0.25, -0.2) is 4.98 Å². The Hall–Kier alpha value is -2.48. The molecule has 0 radical (unpaired) electrons. The predicted octanol–water partition coefficient (Wildman–Crippen LogP) is 3.31. The van der Waals surface area contributed by atoms with Gasteiger partial charge < -0.3 is 19.3 Å². The molecule has 0 unspecified atom stereocenters. The molecule has 152 valence electrons. The third kappa shape index (κ3) is 4.93. The van der Waals surface area contributed by atoms with Crippen molar-refractivity contribution in [1.29, 1.82) is 0 Å². The van der Waals surface area contributed by atoms with Crippen molar-refractivity contribution >= 4 is 33.1 Å². The number of para-hydroxylation sites is 2. The summed E-state index contributed by atoms with van der Waals surface area (Å²) in [5.74, 6) is -0.0390. The van der Waals surface area contributed by atoms with Gasteiger partial charge in [0.25, 0.3) is 0 Å². The lowest BCUT2D eigenvalue weighted by molar-refractivity contribution is -0.135. The zero-order valence-corrected chi connectivity index (χ0v) is 17.4. The van der Waals surface area contributed by atoms with Crippen molar-refractivity contribution in [2.45, 2.75) is 13.2 Å². The third-order valence-electron chi connectivity index (χ3n) is 4.97. The number of benzene rings is 2. The molecule has 1 aromatic heterocycles. The van der Waals surface area contributed by atoms with Crippen LogP contribution in [-0.4, -0.2) is 55.7 Å². The van der Waals surface area contributed by atoms with Crippen molar-refractivity contribution in [2.75, 3.05) is 44.9 Å². The van der Waals surface area contributed by atoms with Crippen molar-refractivity contribution in [1.82, 2.24) is 9.88 Å². The number of rotatable bonds is 7. The molecule has 1 amide bonds.